The van der Waals surface area contributed by atoms with Gasteiger partial charge in [-0.05, 0) is 25.2 Å². The number of esters is 1. The van der Waals surface area contributed by atoms with Crippen LogP contribution in [0.25, 0.3) is 0 Å². The van der Waals surface area contributed by atoms with E-state index < -0.39 is 11.9 Å². The van der Waals surface area contributed by atoms with Crippen molar-refractivity contribution in [2.45, 2.75) is 52.0 Å². The summed E-state index contributed by atoms with van der Waals surface area (Å²) in [6, 6.07) is 0.606. The van der Waals surface area contributed by atoms with Gasteiger partial charge in [-0.25, -0.2) is 9.59 Å². The van der Waals surface area contributed by atoms with Crippen molar-refractivity contribution in [2.75, 3.05) is 32.9 Å². The second kappa shape index (κ2) is 12.0. The SMILES string of the molecule is CC(C)CC(CCCCCOC(=O)/C=C/C(=O)O)N1CCOCC1. The van der Waals surface area contributed by atoms with E-state index in [1.807, 2.05) is 0 Å². The molecule has 0 aromatic rings. The molecule has 0 spiro atoms. The van der Waals surface area contributed by atoms with Crippen molar-refractivity contribution in [2.24, 2.45) is 5.92 Å². The third kappa shape index (κ3) is 9.67. The first-order valence-electron chi connectivity index (χ1n) is 8.88. The van der Waals surface area contributed by atoms with Crippen LogP contribution in [0.1, 0.15) is 46.0 Å². The maximum atomic E-state index is 11.2. The van der Waals surface area contributed by atoms with Crippen LogP contribution in [0.5, 0.6) is 0 Å². The average molecular weight is 341 g/mol. The minimum atomic E-state index is -1.15. The number of carboxylic acids is 1. The van der Waals surface area contributed by atoms with Gasteiger partial charge in [0, 0.05) is 31.3 Å². The monoisotopic (exact) mass is 341 g/mol. The molecule has 6 nitrogen and oxygen atoms in total. The standard InChI is InChI=1S/C18H31NO5/c1-15(2)14-16(19-9-12-23-13-10-19)6-4-3-5-11-24-18(22)8-7-17(20)21/h7-8,15-16H,3-6,9-14H2,1-2H3,(H,20,21)/b8-7+. The zero-order valence-corrected chi connectivity index (χ0v) is 14.9. The van der Waals surface area contributed by atoms with Gasteiger partial charge in [-0.3, -0.25) is 4.90 Å². The Bertz CT molecular complexity index is 402. The van der Waals surface area contributed by atoms with Gasteiger partial charge in [0.05, 0.1) is 19.8 Å². The van der Waals surface area contributed by atoms with E-state index in [1.165, 1.54) is 6.42 Å². The largest absolute Gasteiger partial charge is 0.478 e. The number of unbranched alkanes of at least 4 members (excludes halogenated alkanes) is 2. The minimum absolute atomic E-state index is 0.342. The molecule has 0 saturated carbocycles. The van der Waals surface area contributed by atoms with E-state index in [1.54, 1.807) is 0 Å². The maximum absolute atomic E-state index is 11.2. The van der Waals surface area contributed by atoms with Gasteiger partial charge in [-0.1, -0.05) is 26.7 Å². The summed E-state index contributed by atoms with van der Waals surface area (Å²) in [5, 5.41) is 8.42. The molecule has 1 atom stereocenters. The predicted molar refractivity (Wildman–Crippen MR) is 91.8 cm³/mol. The molecule has 1 aliphatic heterocycles. The van der Waals surface area contributed by atoms with Crippen LogP contribution in [-0.4, -0.2) is 60.9 Å². The van der Waals surface area contributed by atoms with Crippen molar-refractivity contribution in [3.8, 4) is 0 Å². The molecule has 1 rings (SSSR count). The Kier molecular flexibility index (Phi) is 10.4. The quantitative estimate of drug-likeness (QED) is 0.353. The molecule has 0 radical (unpaired) electrons. The van der Waals surface area contributed by atoms with E-state index in [0.29, 0.717) is 18.6 Å². The van der Waals surface area contributed by atoms with Gasteiger partial charge < -0.3 is 14.6 Å². The first-order chi connectivity index (χ1) is 11.5. The molecule has 24 heavy (non-hydrogen) atoms. The van der Waals surface area contributed by atoms with Crippen molar-refractivity contribution in [1.29, 1.82) is 0 Å². The summed E-state index contributed by atoms with van der Waals surface area (Å²) in [5.41, 5.74) is 0. The molecular weight excluding hydrogens is 310 g/mol. The number of ether oxygens (including phenoxy) is 2. The molecule has 1 aliphatic rings. The van der Waals surface area contributed by atoms with E-state index in [2.05, 4.69) is 18.7 Å². The van der Waals surface area contributed by atoms with Crippen LogP contribution in [0.4, 0.5) is 0 Å². The topological polar surface area (TPSA) is 76.1 Å². The van der Waals surface area contributed by atoms with E-state index in [4.69, 9.17) is 14.6 Å². The molecule has 0 aromatic carbocycles. The fraction of sp³-hybridized carbons (Fsp3) is 0.778. The fourth-order valence-electron chi connectivity index (χ4n) is 2.96. The normalized spacial score (nSPS) is 17.3. The second-order valence-corrected chi connectivity index (χ2v) is 6.62. The molecule has 1 heterocycles. The number of morpholine rings is 1. The van der Waals surface area contributed by atoms with Crippen molar-refractivity contribution >= 4 is 11.9 Å². The summed E-state index contributed by atoms with van der Waals surface area (Å²) >= 11 is 0. The first-order valence-corrected chi connectivity index (χ1v) is 8.88. The van der Waals surface area contributed by atoms with Gasteiger partial charge in [-0.15, -0.1) is 0 Å². The Morgan fingerprint density at radius 3 is 2.50 bits per heavy atom. The van der Waals surface area contributed by atoms with E-state index in [0.717, 1.165) is 64.1 Å². The molecule has 0 amide bonds. The number of carbonyl (C=O) groups excluding carboxylic acids is 1. The second-order valence-electron chi connectivity index (χ2n) is 6.62. The summed E-state index contributed by atoms with van der Waals surface area (Å²) in [6.45, 7) is 8.56. The van der Waals surface area contributed by atoms with Crippen LogP contribution in [0, 0.1) is 5.92 Å². The number of rotatable bonds is 11. The summed E-state index contributed by atoms with van der Waals surface area (Å²) in [5.74, 6) is -1.06. The Balaban J connectivity index is 2.18. The zero-order valence-electron chi connectivity index (χ0n) is 14.9. The Labute approximate surface area is 144 Å². The van der Waals surface area contributed by atoms with Crippen molar-refractivity contribution in [3.63, 3.8) is 0 Å². The molecule has 0 aliphatic carbocycles. The minimum Gasteiger partial charge on any atom is -0.478 e. The van der Waals surface area contributed by atoms with Crippen molar-refractivity contribution in [1.82, 2.24) is 4.90 Å². The molecule has 0 aromatic heterocycles. The number of hydrogen-bond donors (Lipinski definition) is 1. The van der Waals surface area contributed by atoms with Gasteiger partial charge >= 0.3 is 11.9 Å². The average Bonchev–Trinajstić information content (AvgIpc) is 2.55. The Morgan fingerprint density at radius 1 is 1.17 bits per heavy atom. The van der Waals surface area contributed by atoms with Crippen LogP contribution in [0.3, 0.4) is 0 Å². The summed E-state index contributed by atoms with van der Waals surface area (Å²) < 4.78 is 10.4. The van der Waals surface area contributed by atoms with Gasteiger partial charge in [-0.2, -0.15) is 0 Å². The van der Waals surface area contributed by atoms with E-state index >= 15 is 0 Å². The number of carbonyl (C=O) groups is 2. The van der Waals surface area contributed by atoms with Crippen LogP contribution >= 0.6 is 0 Å². The lowest BCUT2D eigenvalue weighted by Gasteiger charge is -2.35. The zero-order chi connectivity index (χ0) is 17.8. The lowest BCUT2D eigenvalue weighted by Crippen LogP contribution is -2.44. The first kappa shape index (κ1) is 20.6. The fourth-order valence-corrected chi connectivity index (χ4v) is 2.96. The lowest BCUT2D eigenvalue weighted by atomic mass is 9.97. The highest BCUT2D eigenvalue weighted by atomic mass is 16.5. The molecule has 1 N–H and O–H groups in total. The lowest BCUT2D eigenvalue weighted by molar-refractivity contribution is -0.138. The predicted octanol–water partition coefficient (Wildman–Crippen LogP) is 2.48. The molecular formula is C18H31NO5. The molecule has 0 bridgehead atoms. The highest BCUT2D eigenvalue weighted by Crippen LogP contribution is 2.19. The van der Waals surface area contributed by atoms with Crippen LogP contribution in [-0.2, 0) is 19.1 Å². The van der Waals surface area contributed by atoms with Gasteiger partial charge in [0.2, 0.25) is 0 Å². The summed E-state index contributed by atoms with van der Waals surface area (Å²) in [6.07, 6.45) is 7.02. The van der Waals surface area contributed by atoms with Crippen LogP contribution in [0.15, 0.2) is 12.2 Å². The number of aliphatic carboxylic acids is 1. The third-order valence-electron chi connectivity index (χ3n) is 4.09. The van der Waals surface area contributed by atoms with Crippen molar-refractivity contribution < 1.29 is 24.2 Å². The van der Waals surface area contributed by atoms with E-state index in [9.17, 15) is 9.59 Å². The van der Waals surface area contributed by atoms with Crippen LogP contribution in [0.2, 0.25) is 0 Å². The number of hydrogen-bond acceptors (Lipinski definition) is 5. The van der Waals surface area contributed by atoms with Gasteiger partial charge in [0.25, 0.3) is 0 Å². The molecule has 138 valence electrons. The van der Waals surface area contributed by atoms with E-state index in [-0.39, 0.29) is 0 Å². The highest BCUT2D eigenvalue weighted by molar-refractivity contribution is 5.90. The molecule has 1 unspecified atom stereocenters. The summed E-state index contributed by atoms with van der Waals surface area (Å²) in [7, 11) is 0. The third-order valence-corrected chi connectivity index (χ3v) is 4.09. The summed E-state index contributed by atoms with van der Waals surface area (Å²) in [4.78, 5) is 24.1. The Hall–Kier alpha value is -1.40. The maximum Gasteiger partial charge on any atom is 0.331 e. The molecule has 1 saturated heterocycles. The molecule has 1 fully saturated rings. The smallest absolute Gasteiger partial charge is 0.331 e. The number of carboxylic acid groups (broad SMARTS) is 1. The van der Waals surface area contributed by atoms with Crippen LogP contribution < -0.4 is 0 Å². The molecule has 6 heteroatoms. The van der Waals surface area contributed by atoms with Gasteiger partial charge in [0.1, 0.15) is 0 Å². The Morgan fingerprint density at radius 2 is 1.88 bits per heavy atom. The van der Waals surface area contributed by atoms with Gasteiger partial charge in [0.15, 0.2) is 0 Å². The van der Waals surface area contributed by atoms with Crippen molar-refractivity contribution in [3.05, 3.63) is 12.2 Å². The highest BCUT2D eigenvalue weighted by Gasteiger charge is 2.21. The number of nitrogens with zero attached hydrogens (tertiary/aromatic N) is 1.